The first-order valence-electron chi connectivity index (χ1n) is 9.54. The van der Waals surface area contributed by atoms with Crippen LogP contribution in [0.1, 0.15) is 23.0 Å². The average Bonchev–Trinajstić information content (AvgIpc) is 2.76. The van der Waals surface area contributed by atoms with Crippen LogP contribution in [-0.4, -0.2) is 15.0 Å². The smallest absolute Gasteiger partial charge is 0.232 e. The number of para-hydroxylation sites is 1. The second-order valence-electron chi connectivity index (χ2n) is 6.70. The van der Waals surface area contributed by atoms with Crippen LogP contribution in [0.4, 0.5) is 17.6 Å². The van der Waals surface area contributed by atoms with Gasteiger partial charge in [0.15, 0.2) is 0 Å². The Labute approximate surface area is 180 Å². The molecule has 0 aliphatic rings. The molecule has 0 unspecified atom stereocenters. The van der Waals surface area contributed by atoms with Crippen LogP contribution in [0.25, 0.3) is 0 Å². The van der Waals surface area contributed by atoms with E-state index in [4.69, 9.17) is 17.3 Å². The van der Waals surface area contributed by atoms with Gasteiger partial charge < -0.3 is 11.1 Å². The van der Waals surface area contributed by atoms with Crippen LogP contribution in [-0.2, 0) is 6.54 Å². The number of rotatable bonds is 7. The first kappa shape index (κ1) is 19.8. The number of hydrogen-bond acceptors (Lipinski definition) is 6. The molecular formula is C23H21ClN6. The van der Waals surface area contributed by atoms with Crippen molar-refractivity contribution in [2.24, 2.45) is 0 Å². The number of anilines is 3. The van der Waals surface area contributed by atoms with E-state index in [-0.39, 0.29) is 12.0 Å². The minimum absolute atomic E-state index is 0.0491. The molecule has 30 heavy (non-hydrogen) atoms. The number of halogens is 1. The minimum atomic E-state index is -0.0491. The lowest BCUT2D eigenvalue weighted by Gasteiger charge is -2.20. The molecule has 0 radical (unpaired) electrons. The van der Waals surface area contributed by atoms with Crippen LogP contribution >= 0.6 is 11.6 Å². The van der Waals surface area contributed by atoms with E-state index in [1.165, 1.54) is 0 Å². The third kappa shape index (κ3) is 5.11. The van der Waals surface area contributed by atoms with E-state index in [9.17, 15) is 0 Å². The number of benzene rings is 3. The molecule has 0 amide bonds. The fraction of sp³-hybridized carbons (Fsp3) is 0.0870. The number of nitrogens with one attached hydrogen (secondary N) is 2. The molecule has 4 aromatic rings. The van der Waals surface area contributed by atoms with Gasteiger partial charge in [-0.15, -0.1) is 0 Å². The van der Waals surface area contributed by atoms with E-state index in [0.29, 0.717) is 23.3 Å². The lowest BCUT2D eigenvalue weighted by atomic mass is 9.99. The normalized spacial score (nSPS) is 11.8. The molecule has 6 nitrogen and oxygen atoms in total. The molecule has 0 aliphatic carbocycles. The SMILES string of the molecule is Nc1nc(CN[C@@H](c2ccccc2)c2ccc(Cl)cc2)nc(Nc2ccccc2)n1. The summed E-state index contributed by atoms with van der Waals surface area (Å²) in [7, 11) is 0. The summed E-state index contributed by atoms with van der Waals surface area (Å²) >= 11 is 6.07. The summed E-state index contributed by atoms with van der Waals surface area (Å²) in [6.07, 6.45) is 0. The van der Waals surface area contributed by atoms with Gasteiger partial charge in [0.2, 0.25) is 11.9 Å². The van der Waals surface area contributed by atoms with E-state index in [1.807, 2.05) is 72.8 Å². The van der Waals surface area contributed by atoms with Crippen LogP contribution in [0.2, 0.25) is 5.02 Å². The molecule has 1 heterocycles. The van der Waals surface area contributed by atoms with Crippen molar-refractivity contribution in [3.8, 4) is 0 Å². The van der Waals surface area contributed by atoms with Crippen LogP contribution < -0.4 is 16.4 Å². The van der Waals surface area contributed by atoms with Gasteiger partial charge in [-0.25, -0.2) is 0 Å². The Morgan fingerprint density at radius 1 is 0.767 bits per heavy atom. The van der Waals surface area contributed by atoms with Gasteiger partial charge in [0.05, 0.1) is 12.6 Å². The summed E-state index contributed by atoms with van der Waals surface area (Å²) in [4.78, 5) is 13.0. The van der Waals surface area contributed by atoms with Crippen molar-refractivity contribution in [2.45, 2.75) is 12.6 Å². The second-order valence-corrected chi connectivity index (χ2v) is 7.14. The molecule has 0 bridgehead atoms. The lowest BCUT2D eigenvalue weighted by molar-refractivity contribution is 0.586. The number of hydrogen-bond donors (Lipinski definition) is 3. The zero-order chi connectivity index (χ0) is 20.8. The molecule has 3 aromatic carbocycles. The third-order valence-corrected chi connectivity index (χ3v) is 4.78. The Hall–Kier alpha value is -3.48. The molecular weight excluding hydrogens is 396 g/mol. The molecule has 1 aromatic heterocycles. The summed E-state index contributed by atoms with van der Waals surface area (Å²) in [6, 6.07) is 27.6. The molecule has 0 aliphatic heterocycles. The second kappa shape index (κ2) is 9.35. The average molecular weight is 417 g/mol. The van der Waals surface area contributed by atoms with E-state index in [0.717, 1.165) is 16.8 Å². The van der Waals surface area contributed by atoms with E-state index in [2.05, 4.69) is 37.7 Å². The van der Waals surface area contributed by atoms with Gasteiger partial charge in [0.25, 0.3) is 0 Å². The van der Waals surface area contributed by atoms with E-state index in [1.54, 1.807) is 0 Å². The Morgan fingerprint density at radius 3 is 2.10 bits per heavy atom. The maximum Gasteiger partial charge on any atom is 0.232 e. The van der Waals surface area contributed by atoms with Crippen molar-refractivity contribution in [1.29, 1.82) is 0 Å². The Balaban J connectivity index is 1.55. The van der Waals surface area contributed by atoms with Gasteiger partial charge in [-0.2, -0.15) is 15.0 Å². The first-order chi connectivity index (χ1) is 14.7. The zero-order valence-corrected chi connectivity index (χ0v) is 16.9. The fourth-order valence-electron chi connectivity index (χ4n) is 3.15. The highest BCUT2D eigenvalue weighted by molar-refractivity contribution is 6.30. The van der Waals surface area contributed by atoms with Crippen LogP contribution in [0.5, 0.6) is 0 Å². The maximum absolute atomic E-state index is 6.07. The molecule has 0 saturated heterocycles. The van der Waals surface area contributed by atoms with Gasteiger partial charge in [0, 0.05) is 10.7 Å². The number of nitrogens with two attached hydrogens (primary N) is 1. The van der Waals surface area contributed by atoms with Gasteiger partial charge in [-0.1, -0.05) is 72.3 Å². The molecule has 0 saturated carbocycles. The van der Waals surface area contributed by atoms with Gasteiger partial charge >= 0.3 is 0 Å². The van der Waals surface area contributed by atoms with Gasteiger partial charge in [-0.3, -0.25) is 5.32 Å². The highest BCUT2D eigenvalue weighted by atomic mass is 35.5. The molecule has 0 fully saturated rings. The quantitative estimate of drug-likeness (QED) is 0.403. The minimum Gasteiger partial charge on any atom is -0.368 e. The van der Waals surface area contributed by atoms with E-state index < -0.39 is 0 Å². The predicted octanol–water partition coefficient (Wildman–Crippen LogP) is 4.73. The lowest BCUT2D eigenvalue weighted by Crippen LogP contribution is -2.23. The monoisotopic (exact) mass is 416 g/mol. The molecule has 4 rings (SSSR count). The summed E-state index contributed by atoms with van der Waals surface area (Å²) in [6.45, 7) is 0.415. The standard InChI is InChI=1S/C23H21ClN6/c24-18-13-11-17(12-14-18)21(16-7-3-1-4-8-16)26-15-20-28-22(25)30-23(29-20)27-19-9-5-2-6-10-19/h1-14,21,26H,15H2,(H3,25,27,28,29,30)/t21-/m0/s1. The first-order valence-corrected chi connectivity index (χ1v) is 9.91. The summed E-state index contributed by atoms with van der Waals surface area (Å²) < 4.78 is 0. The maximum atomic E-state index is 6.07. The molecule has 0 spiro atoms. The number of aromatic nitrogens is 3. The third-order valence-electron chi connectivity index (χ3n) is 4.53. The summed E-state index contributed by atoms with van der Waals surface area (Å²) in [5, 5.41) is 7.39. The highest BCUT2D eigenvalue weighted by Gasteiger charge is 2.15. The van der Waals surface area contributed by atoms with Crippen molar-refractivity contribution >= 4 is 29.2 Å². The Kier molecular flexibility index (Phi) is 6.17. The molecule has 150 valence electrons. The topological polar surface area (TPSA) is 88.8 Å². The summed E-state index contributed by atoms with van der Waals surface area (Å²) in [5.41, 5.74) is 9.02. The molecule has 7 heteroatoms. The highest BCUT2D eigenvalue weighted by Crippen LogP contribution is 2.24. The predicted molar refractivity (Wildman–Crippen MR) is 121 cm³/mol. The van der Waals surface area contributed by atoms with Crippen LogP contribution in [0.15, 0.2) is 84.9 Å². The van der Waals surface area contributed by atoms with Crippen molar-refractivity contribution in [3.05, 3.63) is 107 Å². The number of nitrogen functional groups attached to an aromatic ring is 1. The van der Waals surface area contributed by atoms with Gasteiger partial charge in [0.1, 0.15) is 5.82 Å². The Bertz CT molecular complexity index is 1090. The zero-order valence-electron chi connectivity index (χ0n) is 16.2. The van der Waals surface area contributed by atoms with Crippen LogP contribution in [0.3, 0.4) is 0 Å². The van der Waals surface area contributed by atoms with E-state index >= 15 is 0 Å². The van der Waals surface area contributed by atoms with Gasteiger partial charge in [-0.05, 0) is 35.4 Å². The summed E-state index contributed by atoms with van der Waals surface area (Å²) in [5.74, 6) is 1.13. The van der Waals surface area contributed by atoms with Crippen molar-refractivity contribution in [3.63, 3.8) is 0 Å². The van der Waals surface area contributed by atoms with Crippen LogP contribution in [0, 0.1) is 0 Å². The van der Waals surface area contributed by atoms with Crippen molar-refractivity contribution in [1.82, 2.24) is 20.3 Å². The largest absolute Gasteiger partial charge is 0.368 e. The number of nitrogens with zero attached hydrogens (tertiary/aromatic N) is 3. The van der Waals surface area contributed by atoms with Crippen molar-refractivity contribution in [2.75, 3.05) is 11.1 Å². The van der Waals surface area contributed by atoms with Crippen molar-refractivity contribution < 1.29 is 0 Å². The fourth-order valence-corrected chi connectivity index (χ4v) is 3.27. The Morgan fingerprint density at radius 2 is 1.40 bits per heavy atom. The molecule has 4 N–H and O–H groups in total. The molecule has 1 atom stereocenters.